The van der Waals surface area contributed by atoms with Crippen LogP contribution in [0.25, 0.3) is 11.3 Å². The third-order valence-electron chi connectivity index (χ3n) is 6.04. The third kappa shape index (κ3) is 3.78. The van der Waals surface area contributed by atoms with Gasteiger partial charge in [0.2, 0.25) is 5.95 Å². The Labute approximate surface area is 191 Å². The van der Waals surface area contributed by atoms with Gasteiger partial charge in [-0.3, -0.25) is 14.7 Å². The molecule has 0 aliphatic carbocycles. The Kier molecular flexibility index (Phi) is 5.41. The molecule has 33 heavy (non-hydrogen) atoms. The quantitative estimate of drug-likeness (QED) is 0.657. The number of aromatic nitrogens is 3. The highest BCUT2D eigenvalue weighted by Crippen LogP contribution is 2.38. The summed E-state index contributed by atoms with van der Waals surface area (Å²) in [7, 11) is 1.49. The fourth-order valence-corrected chi connectivity index (χ4v) is 4.46. The summed E-state index contributed by atoms with van der Waals surface area (Å²) < 4.78 is 20.2. The van der Waals surface area contributed by atoms with Crippen LogP contribution in [0.15, 0.2) is 36.5 Å². The number of ether oxygens (including phenoxy) is 1. The second-order valence-corrected chi connectivity index (χ2v) is 8.36. The maximum Gasteiger partial charge on any atom is 0.260 e. The lowest BCUT2D eigenvalue weighted by atomic mass is 10.0. The maximum absolute atomic E-state index is 14.8. The van der Waals surface area contributed by atoms with Crippen molar-refractivity contribution in [3.05, 3.63) is 59.2 Å². The van der Waals surface area contributed by atoms with Gasteiger partial charge in [-0.15, -0.1) is 0 Å². The number of rotatable bonds is 4. The molecule has 1 saturated heterocycles. The van der Waals surface area contributed by atoms with Crippen LogP contribution in [-0.2, 0) is 6.54 Å². The van der Waals surface area contributed by atoms with Crippen molar-refractivity contribution in [2.45, 2.75) is 26.4 Å². The number of amides is 1. The predicted octanol–water partition coefficient (Wildman–Crippen LogP) is 2.95. The molecule has 1 aromatic carbocycles. The summed E-state index contributed by atoms with van der Waals surface area (Å²) in [5, 5.41) is 3.41. The Morgan fingerprint density at radius 2 is 2.09 bits per heavy atom. The monoisotopic (exact) mass is 448 g/mol. The molecule has 4 heterocycles. The number of methoxy groups -OCH3 is 1. The Morgan fingerprint density at radius 3 is 2.88 bits per heavy atom. The molecule has 170 valence electrons. The minimum atomic E-state index is -0.450. The van der Waals surface area contributed by atoms with E-state index in [1.807, 2.05) is 6.92 Å². The molecule has 2 aliphatic rings. The van der Waals surface area contributed by atoms with Crippen molar-refractivity contribution in [3.8, 4) is 17.0 Å². The van der Waals surface area contributed by atoms with Crippen molar-refractivity contribution in [1.82, 2.24) is 20.3 Å². The van der Waals surface area contributed by atoms with Gasteiger partial charge >= 0.3 is 0 Å². The van der Waals surface area contributed by atoms with Crippen molar-refractivity contribution in [2.24, 2.45) is 0 Å². The zero-order valence-electron chi connectivity index (χ0n) is 18.8. The van der Waals surface area contributed by atoms with E-state index in [0.717, 1.165) is 25.3 Å². The van der Waals surface area contributed by atoms with E-state index < -0.39 is 5.82 Å². The number of hydrogen-bond acceptors (Lipinski definition) is 7. The molecule has 3 aromatic rings. The van der Waals surface area contributed by atoms with Gasteiger partial charge < -0.3 is 15.0 Å². The van der Waals surface area contributed by atoms with Crippen LogP contribution in [0, 0.1) is 12.7 Å². The summed E-state index contributed by atoms with van der Waals surface area (Å²) >= 11 is 0. The molecule has 0 radical (unpaired) electrons. The second kappa shape index (κ2) is 8.40. The van der Waals surface area contributed by atoms with Gasteiger partial charge in [-0.25, -0.2) is 9.37 Å². The maximum atomic E-state index is 14.8. The Morgan fingerprint density at radius 1 is 1.24 bits per heavy atom. The molecule has 1 amide bonds. The molecule has 1 atom stereocenters. The molecule has 1 N–H and O–H groups in total. The number of nitrogens with zero attached hydrogens (tertiary/aromatic N) is 5. The normalized spacial score (nSPS) is 17.9. The summed E-state index contributed by atoms with van der Waals surface area (Å²) in [6.45, 7) is 6.69. The molecule has 1 fully saturated rings. The van der Waals surface area contributed by atoms with Crippen LogP contribution in [0.2, 0.25) is 0 Å². The van der Waals surface area contributed by atoms with Crippen LogP contribution in [-0.4, -0.2) is 53.6 Å². The number of fused-ring (bicyclic) bond motifs is 1. The molecule has 9 heteroatoms. The van der Waals surface area contributed by atoms with Gasteiger partial charge in [0, 0.05) is 54.8 Å². The predicted molar refractivity (Wildman–Crippen MR) is 123 cm³/mol. The van der Waals surface area contributed by atoms with E-state index >= 15 is 0 Å². The van der Waals surface area contributed by atoms with E-state index in [4.69, 9.17) is 9.72 Å². The van der Waals surface area contributed by atoms with Crippen molar-refractivity contribution in [3.63, 3.8) is 0 Å². The molecule has 2 aromatic heterocycles. The number of aryl methyl sites for hydroxylation is 1. The lowest BCUT2D eigenvalue weighted by Gasteiger charge is -2.32. The van der Waals surface area contributed by atoms with Crippen LogP contribution in [0.3, 0.4) is 0 Å². The highest BCUT2D eigenvalue weighted by molar-refractivity contribution is 6.10. The molecule has 0 spiro atoms. The highest BCUT2D eigenvalue weighted by Gasteiger charge is 2.34. The largest absolute Gasteiger partial charge is 0.496 e. The Hall–Kier alpha value is -3.59. The van der Waals surface area contributed by atoms with Crippen molar-refractivity contribution < 1.29 is 13.9 Å². The summed E-state index contributed by atoms with van der Waals surface area (Å²) in [5.41, 5.74) is 2.57. The topological polar surface area (TPSA) is 83.5 Å². The van der Waals surface area contributed by atoms with E-state index in [0.29, 0.717) is 40.4 Å². The van der Waals surface area contributed by atoms with Crippen LogP contribution < -0.4 is 19.9 Å². The van der Waals surface area contributed by atoms with E-state index in [1.54, 1.807) is 29.2 Å². The van der Waals surface area contributed by atoms with Crippen LogP contribution in [0.4, 0.5) is 16.2 Å². The summed E-state index contributed by atoms with van der Waals surface area (Å²) in [6, 6.07) is 8.43. The Balaban J connectivity index is 1.54. The highest BCUT2D eigenvalue weighted by atomic mass is 19.1. The number of halogens is 1. The fourth-order valence-electron chi connectivity index (χ4n) is 4.46. The van der Waals surface area contributed by atoms with Crippen molar-refractivity contribution in [2.75, 3.05) is 36.5 Å². The number of anilines is 2. The molecule has 8 nitrogen and oxygen atoms in total. The number of carbonyl (C=O) groups is 1. The molecule has 0 saturated carbocycles. The first-order chi connectivity index (χ1) is 16.0. The van der Waals surface area contributed by atoms with E-state index in [1.165, 1.54) is 19.4 Å². The van der Waals surface area contributed by atoms with Gasteiger partial charge in [0.1, 0.15) is 17.4 Å². The second-order valence-electron chi connectivity index (χ2n) is 8.36. The molecule has 2 aliphatic heterocycles. The summed E-state index contributed by atoms with van der Waals surface area (Å²) in [6.07, 6.45) is 1.53. The zero-order chi connectivity index (χ0) is 23.1. The van der Waals surface area contributed by atoms with Gasteiger partial charge in [-0.05, 0) is 32.0 Å². The molecule has 0 unspecified atom stereocenters. The van der Waals surface area contributed by atoms with Gasteiger partial charge in [0.05, 0.1) is 24.9 Å². The minimum Gasteiger partial charge on any atom is -0.496 e. The summed E-state index contributed by atoms with van der Waals surface area (Å²) in [5.74, 6) is 0.859. The summed E-state index contributed by atoms with van der Waals surface area (Å²) in [4.78, 5) is 30.9. The molecular weight excluding hydrogens is 423 g/mol. The molecule has 0 bridgehead atoms. The fraction of sp³-hybridized carbons (Fsp3) is 0.333. The number of pyridine rings is 1. The first kappa shape index (κ1) is 21.3. The molecular formula is C24H25FN6O2. The first-order valence-electron chi connectivity index (χ1n) is 10.9. The smallest absolute Gasteiger partial charge is 0.260 e. The van der Waals surface area contributed by atoms with Crippen LogP contribution >= 0.6 is 0 Å². The van der Waals surface area contributed by atoms with E-state index in [2.05, 4.69) is 27.1 Å². The average Bonchev–Trinajstić information content (AvgIpc) is 3.15. The van der Waals surface area contributed by atoms with Crippen LogP contribution in [0.5, 0.6) is 5.75 Å². The third-order valence-corrected chi connectivity index (χ3v) is 6.04. The van der Waals surface area contributed by atoms with E-state index in [-0.39, 0.29) is 18.0 Å². The number of carbonyl (C=O) groups excluding carboxylic acids is 1. The van der Waals surface area contributed by atoms with E-state index in [9.17, 15) is 9.18 Å². The number of piperazine rings is 1. The minimum absolute atomic E-state index is 0.193. The van der Waals surface area contributed by atoms with Gasteiger partial charge in [0.15, 0.2) is 0 Å². The zero-order valence-corrected chi connectivity index (χ0v) is 18.8. The average molecular weight is 449 g/mol. The van der Waals surface area contributed by atoms with Gasteiger partial charge in [-0.1, -0.05) is 6.07 Å². The number of benzene rings is 1. The van der Waals surface area contributed by atoms with Crippen molar-refractivity contribution >= 4 is 17.7 Å². The van der Waals surface area contributed by atoms with Gasteiger partial charge in [0.25, 0.3) is 5.91 Å². The lowest BCUT2D eigenvalue weighted by Crippen LogP contribution is -2.50. The Bertz CT molecular complexity index is 1230. The SMILES string of the molecule is COc1cccc(F)c1-c1nccc2c1CN(c1cc(C)nc(N3CCN[C@@H](C)C3)n1)C2=O. The lowest BCUT2D eigenvalue weighted by molar-refractivity contribution is 0.0996. The number of nitrogens with one attached hydrogen (secondary N) is 1. The van der Waals surface area contributed by atoms with Gasteiger partial charge in [-0.2, -0.15) is 4.98 Å². The first-order valence-corrected chi connectivity index (χ1v) is 10.9. The molecule has 5 rings (SSSR count). The standard InChI is InChI=1S/C24H25FN6O2/c1-14-11-20(29-24(28-14)30-10-9-26-15(2)12-30)31-13-17-16(23(31)32)7-8-27-22(17)21-18(25)5-4-6-19(21)33-3/h4-8,11,15,26H,9-10,12-13H2,1-3H3/t15-/m0/s1. The van der Waals surface area contributed by atoms with Crippen LogP contribution in [0.1, 0.15) is 28.5 Å². The number of hydrogen-bond donors (Lipinski definition) is 1. The van der Waals surface area contributed by atoms with Crippen molar-refractivity contribution in [1.29, 1.82) is 0 Å².